The first-order valence-corrected chi connectivity index (χ1v) is 8.14. The third kappa shape index (κ3) is 5.67. The summed E-state index contributed by atoms with van der Waals surface area (Å²) in [5.74, 6) is 1.75. The summed E-state index contributed by atoms with van der Waals surface area (Å²) in [5.41, 5.74) is 0.238. The van der Waals surface area contributed by atoms with Gasteiger partial charge in [-0.2, -0.15) is 0 Å². The highest BCUT2D eigenvalue weighted by Gasteiger charge is 2.22. The van der Waals surface area contributed by atoms with E-state index in [1.165, 1.54) is 0 Å². The van der Waals surface area contributed by atoms with Crippen molar-refractivity contribution in [3.63, 3.8) is 0 Å². The monoisotopic (exact) mass is 310 g/mol. The zero-order chi connectivity index (χ0) is 16.6. The number of hydrogen-bond donors (Lipinski definition) is 3. The molecule has 126 valence electrons. The van der Waals surface area contributed by atoms with Crippen LogP contribution in [0.3, 0.4) is 0 Å². The van der Waals surface area contributed by atoms with E-state index < -0.39 is 5.60 Å². The van der Waals surface area contributed by atoms with Gasteiger partial charge in [-0.3, -0.25) is 0 Å². The fourth-order valence-electron chi connectivity index (χ4n) is 1.92. The van der Waals surface area contributed by atoms with Gasteiger partial charge in [-0.25, -0.2) is 4.99 Å². The van der Waals surface area contributed by atoms with Crippen LogP contribution in [0, 0.1) is 0 Å². The average Bonchev–Trinajstić information content (AvgIpc) is 2.99. The molecule has 6 heteroatoms. The van der Waals surface area contributed by atoms with E-state index in [4.69, 9.17) is 4.52 Å². The van der Waals surface area contributed by atoms with Crippen molar-refractivity contribution in [3.05, 3.63) is 17.5 Å². The standard InChI is InChI=1S/C16H30N4O2/c1-6-16(21,7-2)11-19-15(17-8-3)18-10-13-9-14(12(4)5)20-22-13/h9,12,21H,6-8,10-11H2,1-5H3,(H2,17,18,19). The molecule has 0 radical (unpaired) electrons. The molecule has 0 spiro atoms. The Balaban J connectivity index is 2.64. The van der Waals surface area contributed by atoms with Gasteiger partial charge in [-0.1, -0.05) is 32.9 Å². The molecule has 0 saturated heterocycles. The zero-order valence-corrected chi connectivity index (χ0v) is 14.4. The Bertz CT molecular complexity index is 464. The second-order valence-corrected chi connectivity index (χ2v) is 5.85. The minimum absolute atomic E-state index is 0.344. The van der Waals surface area contributed by atoms with E-state index in [9.17, 15) is 5.11 Å². The number of nitrogens with zero attached hydrogens (tertiary/aromatic N) is 2. The summed E-state index contributed by atoms with van der Waals surface area (Å²) in [4.78, 5) is 4.48. The first-order chi connectivity index (χ1) is 10.4. The van der Waals surface area contributed by atoms with Crippen LogP contribution in [0.1, 0.15) is 64.8 Å². The molecule has 0 saturated carbocycles. The van der Waals surface area contributed by atoms with E-state index in [1.807, 2.05) is 26.8 Å². The maximum absolute atomic E-state index is 10.3. The maximum atomic E-state index is 10.3. The Labute approximate surface area is 133 Å². The molecular formula is C16H30N4O2. The van der Waals surface area contributed by atoms with E-state index in [0.29, 0.717) is 37.8 Å². The first-order valence-electron chi connectivity index (χ1n) is 8.14. The van der Waals surface area contributed by atoms with Crippen molar-refractivity contribution < 1.29 is 9.63 Å². The molecular weight excluding hydrogens is 280 g/mol. The normalized spacial score (nSPS) is 12.8. The van der Waals surface area contributed by atoms with E-state index >= 15 is 0 Å². The van der Waals surface area contributed by atoms with Crippen LogP contribution < -0.4 is 10.6 Å². The molecule has 1 rings (SSSR count). The molecule has 6 nitrogen and oxygen atoms in total. The Kier molecular flexibility index (Phi) is 7.38. The molecule has 1 aromatic heterocycles. The number of rotatable bonds is 8. The maximum Gasteiger partial charge on any atom is 0.191 e. The molecule has 0 fully saturated rings. The minimum atomic E-state index is -0.701. The number of aliphatic hydroxyl groups is 1. The molecule has 1 heterocycles. The zero-order valence-electron chi connectivity index (χ0n) is 14.4. The average molecular weight is 310 g/mol. The molecule has 0 aliphatic heterocycles. The van der Waals surface area contributed by atoms with Gasteiger partial charge in [0.1, 0.15) is 6.54 Å². The lowest BCUT2D eigenvalue weighted by atomic mass is 9.98. The van der Waals surface area contributed by atoms with Crippen LogP contribution in [-0.4, -0.2) is 34.9 Å². The smallest absolute Gasteiger partial charge is 0.191 e. The quantitative estimate of drug-likeness (QED) is 0.507. The van der Waals surface area contributed by atoms with Gasteiger partial charge in [0.05, 0.1) is 11.3 Å². The minimum Gasteiger partial charge on any atom is -0.388 e. The largest absolute Gasteiger partial charge is 0.388 e. The van der Waals surface area contributed by atoms with Gasteiger partial charge in [-0.15, -0.1) is 0 Å². The molecule has 0 bridgehead atoms. The lowest BCUT2D eigenvalue weighted by Gasteiger charge is -2.26. The van der Waals surface area contributed by atoms with Gasteiger partial charge < -0.3 is 20.3 Å². The molecule has 0 aromatic carbocycles. The second kappa shape index (κ2) is 8.78. The summed E-state index contributed by atoms with van der Waals surface area (Å²) < 4.78 is 5.28. The van der Waals surface area contributed by atoms with Crippen LogP contribution in [0.4, 0.5) is 0 Å². The number of hydrogen-bond acceptors (Lipinski definition) is 4. The SMILES string of the molecule is CCNC(=NCc1cc(C(C)C)no1)NCC(O)(CC)CC. The van der Waals surface area contributed by atoms with Gasteiger partial charge in [0, 0.05) is 19.2 Å². The highest BCUT2D eigenvalue weighted by atomic mass is 16.5. The number of aromatic nitrogens is 1. The lowest BCUT2D eigenvalue weighted by Crippen LogP contribution is -2.46. The molecule has 22 heavy (non-hydrogen) atoms. The fourth-order valence-corrected chi connectivity index (χ4v) is 1.92. The Morgan fingerprint density at radius 2 is 2.00 bits per heavy atom. The van der Waals surface area contributed by atoms with Gasteiger partial charge in [0.25, 0.3) is 0 Å². The lowest BCUT2D eigenvalue weighted by molar-refractivity contribution is 0.0367. The Morgan fingerprint density at radius 3 is 2.50 bits per heavy atom. The van der Waals surface area contributed by atoms with Crippen LogP contribution in [0.2, 0.25) is 0 Å². The molecule has 0 aliphatic rings. The van der Waals surface area contributed by atoms with Crippen LogP contribution in [0.15, 0.2) is 15.6 Å². The Morgan fingerprint density at radius 1 is 1.32 bits per heavy atom. The van der Waals surface area contributed by atoms with Gasteiger partial charge in [-0.05, 0) is 25.7 Å². The number of nitrogens with one attached hydrogen (secondary N) is 2. The van der Waals surface area contributed by atoms with Crippen LogP contribution in [0.5, 0.6) is 0 Å². The van der Waals surface area contributed by atoms with Crippen LogP contribution >= 0.6 is 0 Å². The van der Waals surface area contributed by atoms with E-state index in [2.05, 4.69) is 34.6 Å². The van der Waals surface area contributed by atoms with Crippen molar-refractivity contribution >= 4 is 5.96 Å². The van der Waals surface area contributed by atoms with Gasteiger partial charge in [0.15, 0.2) is 11.7 Å². The molecule has 0 amide bonds. The predicted octanol–water partition coefficient (Wildman–Crippen LogP) is 2.40. The highest BCUT2D eigenvalue weighted by molar-refractivity contribution is 5.79. The van der Waals surface area contributed by atoms with Crippen molar-refractivity contribution in [2.45, 2.75) is 65.5 Å². The number of guanidine groups is 1. The first kappa shape index (κ1) is 18.5. The summed E-state index contributed by atoms with van der Waals surface area (Å²) in [5, 5.41) is 20.7. The fraction of sp³-hybridized carbons (Fsp3) is 0.750. The summed E-state index contributed by atoms with van der Waals surface area (Å²) in [7, 11) is 0. The van der Waals surface area contributed by atoms with Crippen molar-refractivity contribution in [1.82, 2.24) is 15.8 Å². The second-order valence-electron chi connectivity index (χ2n) is 5.85. The van der Waals surface area contributed by atoms with Gasteiger partial charge in [0.2, 0.25) is 0 Å². The summed E-state index contributed by atoms with van der Waals surface area (Å²) in [6.07, 6.45) is 1.41. The Hall–Kier alpha value is -1.56. The molecule has 1 aromatic rings. The number of aliphatic imine (C=N–C) groups is 1. The van der Waals surface area contributed by atoms with Crippen molar-refractivity contribution in [2.24, 2.45) is 4.99 Å². The van der Waals surface area contributed by atoms with Crippen molar-refractivity contribution in [2.75, 3.05) is 13.1 Å². The third-order valence-electron chi connectivity index (χ3n) is 3.81. The van der Waals surface area contributed by atoms with Crippen molar-refractivity contribution in [3.8, 4) is 0 Å². The predicted molar refractivity (Wildman–Crippen MR) is 88.9 cm³/mol. The summed E-state index contributed by atoms with van der Waals surface area (Å²) in [6.45, 7) is 11.8. The third-order valence-corrected chi connectivity index (χ3v) is 3.81. The van der Waals surface area contributed by atoms with Crippen molar-refractivity contribution in [1.29, 1.82) is 0 Å². The van der Waals surface area contributed by atoms with Crippen LogP contribution in [0.25, 0.3) is 0 Å². The van der Waals surface area contributed by atoms with E-state index in [-0.39, 0.29) is 0 Å². The van der Waals surface area contributed by atoms with E-state index in [0.717, 1.165) is 18.0 Å². The molecule has 0 atom stereocenters. The topological polar surface area (TPSA) is 82.7 Å². The molecule has 3 N–H and O–H groups in total. The molecule has 0 unspecified atom stereocenters. The van der Waals surface area contributed by atoms with Crippen LogP contribution in [-0.2, 0) is 6.54 Å². The summed E-state index contributed by atoms with van der Waals surface area (Å²) >= 11 is 0. The molecule has 0 aliphatic carbocycles. The van der Waals surface area contributed by atoms with Gasteiger partial charge >= 0.3 is 0 Å². The van der Waals surface area contributed by atoms with E-state index in [1.54, 1.807) is 0 Å². The summed E-state index contributed by atoms with van der Waals surface area (Å²) in [6, 6.07) is 1.94. The highest BCUT2D eigenvalue weighted by Crippen LogP contribution is 2.15.